The molecular formula is C15H18BrF2NOS. The average Bonchev–Trinajstić information content (AvgIpc) is 2.85. The van der Waals surface area contributed by atoms with E-state index in [1.165, 1.54) is 12.1 Å². The van der Waals surface area contributed by atoms with E-state index >= 15 is 0 Å². The fourth-order valence-corrected chi connectivity index (χ4v) is 5.12. The fourth-order valence-electron chi connectivity index (χ4n) is 3.34. The molecule has 6 heteroatoms. The van der Waals surface area contributed by atoms with E-state index in [-0.39, 0.29) is 17.1 Å². The summed E-state index contributed by atoms with van der Waals surface area (Å²) in [7, 11) is 0. The number of hydrogen-bond donors (Lipinski definition) is 1. The topological polar surface area (TPSA) is 35.2 Å². The van der Waals surface area contributed by atoms with Crippen molar-refractivity contribution in [2.24, 2.45) is 11.7 Å². The predicted molar refractivity (Wildman–Crippen MR) is 84.3 cm³/mol. The lowest BCUT2D eigenvalue weighted by molar-refractivity contribution is -0.0837. The van der Waals surface area contributed by atoms with E-state index < -0.39 is 17.7 Å². The van der Waals surface area contributed by atoms with Crippen LogP contribution in [0.2, 0.25) is 0 Å². The van der Waals surface area contributed by atoms with Crippen LogP contribution in [-0.2, 0) is 4.74 Å². The summed E-state index contributed by atoms with van der Waals surface area (Å²) in [6, 6.07) is 1.93. The highest BCUT2D eigenvalue weighted by atomic mass is 79.9. The van der Waals surface area contributed by atoms with Gasteiger partial charge in [-0.3, -0.25) is 0 Å². The molecule has 1 aromatic carbocycles. The summed E-state index contributed by atoms with van der Waals surface area (Å²) < 4.78 is 34.5. The molecule has 0 saturated carbocycles. The van der Waals surface area contributed by atoms with Crippen LogP contribution in [0.25, 0.3) is 0 Å². The Morgan fingerprint density at radius 1 is 1.38 bits per heavy atom. The first-order valence-corrected chi connectivity index (χ1v) is 9.07. The summed E-state index contributed by atoms with van der Waals surface area (Å²) in [6.45, 7) is 0.624. The van der Waals surface area contributed by atoms with Crippen LogP contribution in [0.15, 0.2) is 16.6 Å². The van der Waals surface area contributed by atoms with Crippen LogP contribution in [0.1, 0.15) is 30.9 Å². The molecule has 3 atom stereocenters. The number of rotatable bonds is 2. The van der Waals surface area contributed by atoms with Crippen LogP contribution in [0, 0.1) is 17.6 Å². The molecule has 2 aliphatic heterocycles. The molecule has 3 rings (SSSR count). The van der Waals surface area contributed by atoms with Crippen molar-refractivity contribution in [2.45, 2.75) is 30.9 Å². The normalized spacial score (nSPS) is 30.8. The van der Waals surface area contributed by atoms with Crippen molar-refractivity contribution in [1.29, 1.82) is 0 Å². The van der Waals surface area contributed by atoms with E-state index in [0.717, 1.165) is 30.8 Å². The molecular weight excluding hydrogens is 360 g/mol. The van der Waals surface area contributed by atoms with Crippen LogP contribution >= 0.6 is 27.7 Å². The number of ether oxygens (including phenoxy) is 1. The predicted octanol–water partition coefficient (Wildman–Crippen LogP) is 4.03. The zero-order valence-electron chi connectivity index (χ0n) is 11.6. The molecule has 3 unspecified atom stereocenters. The Bertz CT molecular complexity index is 513. The van der Waals surface area contributed by atoms with Gasteiger partial charge in [0.1, 0.15) is 11.6 Å². The molecule has 2 saturated heterocycles. The third-order valence-corrected chi connectivity index (χ3v) is 6.16. The zero-order chi connectivity index (χ0) is 15.0. The van der Waals surface area contributed by atoms with Crippen molar-refractivity contribution in [3.05, 3.63) is 33.8 Å². The summed E-state index contributed by atoms with van der Waals surface area (Å²) >= 11 is 4.97. The molecule has 1 spiro atoms. The lowest BCUT2D eigenvalue weighted by Gasteiger charge is -2.40. The maximum atomic E-state index is 14.1. The van der Waals surface area contributed by atoms with Gasteiger partial charge in [0.2, 0.25) is 0 Å². The number of nitrogens with two attached hydrogens (primary N) is 1. The second kappa shape index (κ2) is 6.14. The van der Waals surface area contributed by atoms with Crippen molar-refractivity contribution in [1.82, 2.24) is 0 Å². The molecule has 0 aliphatic carbocycles. The minimum atomic E-state index is -0.621. The maximum absolute atomic E-state index is 14.1. The molecule has 2 fully saturated rings. The first kappa shape index (κ1) is 15.7. The lowest BCUT2D eigenvalue weighted by atomic mass is 9.79. The third-order valence-electron chi connectivity index (χ3n) is 4.48. The summed E-state index contributed by atoms with van der Waals surface area (Å²) in [6.07, 6.45) is 2.55. The van der Waals surface area contributed by atoms with Crippen molar-refractivity contribution in [3.63, 3.8) is 0 Å². The van der Waals surface area contributed by atoms with Crippen molar-refractivity contribution < 1.29 is 13.5 Å². The highest BCUT2D eigenvalue weighted by Gasteiger charge is 2.42. The second-order valence-electron chi connectivity index (χ2n) is 5.90. The summed E-state index contributed by atoms with van der Waals surface area (Å²) in [5.41, 5.74) is 6.09. The van der Waals surface area contributed by atoms with E-state index in [1.54, 1.807) is 0 Å². The third kappa shape index (κ3) is 3.14. The largest absolute Gasteiger partial charge is 0.374 e. The summed E-state index contributed by atoms with van der Waals surface area (Å²) in [5, 5.41) is 0. The van der Waals surface area contributed by atoms with Gasteiger partial charge in [0.05, 0.1) is 5.60 Å². The standard InChI is InChI=1S/C15H18BrF2NOS/c16-10-5-11(17)13(12(18)6-10)14(19)9-1-3-20-15(7-9)2-4-21-8-15/h5-6,9,14H,1-4,7-8,19H2. The molecule has 0 amide bonds. The Morgan fingerprint density at radius 3 is 2.71 bits per heavy atom. The first-order chi connectivity index (χ1) is 10.0. The van der Waals surface area contributed by atoms with Crippen molar-refractivity contribution in [3.8, 4) is 0 Å². The Morgan fingerprint density at radius 2 is 2.10 bits per heavy atom. The van der Waals surface area contributed by atoms with Gasteiger partial charge in [-0.15, -0.1) is 0 Å². The fraction of sp³-hybridized carbons (Fsp3) is 0.600. The van der Waals surface area contributed by atoms with Crippen molar-refractivity contribution >= 4 is 27.7 Å². The van der Waals surface area contributed by atoms with Gasteiger partial charge in [-0.25, -0.2) is 8.78 Å². The van der Waals surface area contributed by atoms with Gasteiger partial charge < -0.3 is 10.5 Å². The lowest BCUT2D eigenvalue weighted by Crippen LogP contribution is -2.43. The quantitative estimate of drug-likeness (QED) is 0.844. The molecule has 21 heavy (non-hydrogen) atoms. The van der Waals surface area contributed by atoms with E-state index in [0.29, 0.717) is 11.1 Å². The summed E-state index contributed by atoms with van der Waals surface area (Å²) in [5.74, 6) is 0.957. The Labute approximate surface area is 135 Å². The highest BCUT2D eigenvalue weighted by molar-refractivity contribution is 9.10. The minimum Gasteiger partial charge on any atom is -0.374 e. The van der Waals surface area contributed by atoms with E-state index in [9.17, 15) is 8.78 Å². The molecule has 2 N–H and O–H groups in total. The Kier molecular flexibility index (Phi) is 4.60. The van der Waals surface area contributed by atoms with Crippen LogP contribution in [0.4, 0.5) is 8.78 Å². The molecule has 0 bridgehead atoms. The van der Waals surface area contributed by atoms with Crippen LogP contribution < -0.4 is 5.73 Å². The van der Waals surface area contributed by atoms with Gasteiger partial charge in [0, 0.05) is 28.4 Å². The number of halogens is 3. The monoisotopic (exact) mass is 377 g/mol. The molecule has 1 aromatic rings. The Hall–Kier alpha value is -0.170. The van der Waals surface area contributed by atoms with Gasteiger partial charge >= 0.3 is 0 Å². The van der Waals surface area contributed by atoms with Gasteiger partial charge in [-0.1, -0.05) is 15.9 Å². The smallest absolute Gasteiger partial charge is 0.132 e. The molecule has 0 aromatic heterocycles. The highest BCUT2D eigenvalue weighted by Crippen LogP contribution is 2.44. The molecule has 2 nitrogen and oxygen atoms in total. The minimum absolute atomic E-state index is 0.00546. The molecule has 2 heterocycles. The Balaban J connectivity index is 1.83. The van der Waals surface area contributed by atoms with Gasteiger partial charge in [0.15, 0.2) is 0 Å². The first-order valence-electron chi connectivity index (χ1n) is 7.12. The SMILES string of the molecule is NC(c1c(F)cc(Br)cc1F)C1CCOC2(CCSC2)C1. The summed E-state index contributed by atoms with van der Waals surface area (Å²) in [4.78, 5) is 0. The average molecular weight is 378 g/mol. The van der Waals surface area contributed by atoms with Gasteiger partial charge in [0.25, 0.3) is 0 Å². The molecule has 116 valence electrons. The van der Waals surface area contributed by atoms with Crippen LogP contribution in [0.5, 0.6) is 0 Å². The number of thioether (sulfide) groups is 1. The van der Waals surface area contributed by atoms with E-state index in [4.69, 9.17) is 10.5 Å². The number of benzene rings is 1. The maximum Gasteiger partial charge on any atom is 0.132 e. The second-order valence-corrected chi connectivity index (χ2v) is 7.92. The van der Waals surface area contributed by atoms with Crippen LogP contribution in [0.3, 0.4) is 0 Å². The van der Waals surface area contributed by atoms with Gasteiger partial charge in [-0.2, -0.15) is 11.8 Å². The van der Waals surface area contributed by atoms with Crippen molar-refractivity contribution in [2.75, 3.05) is 18.1 Å². The van der Waals surface area contributed by atoms with Gasteiger partial charge in [-0.05, 0) is 43.1 Å². The van der Waals surface area contributed by atoms with E-state index in [2.05, 4.69) is 15.9 Å². The number of hydrogen-bond acceptors (Lipinski definition) is 3. The molecule has 0 radical (unpaired) electrons. The zero-order valence-corrected chi connectivity index (χ0v) is 14.0. The van der Waals surface area contributed by atoms with E-state index in [1.807, 2.05) is 11.8 Å². The van der Waals surface area contributed by atoms with Crippen LogP contribution in [-0.4, -0.2) is 23.7 Å². The molecule has 2 aliphatic rings.